The maximum atomic E-state index is 12.5. The van der Waals surface area contributed by atoms with Crippen LogP contribution in [0.25, 0.3) is 11.1 Å². The number of carbonyl (C=O) groups excluding carboxylic acids is 2. The van der Waals surface area contributed by atoms with Crippen molar-refractivity contribution < 1.29 is 19.1 Å². The van der Waals surface area contributed by atoms with E-state index in [2.05, 4.69) is 6.07 Å². The minimum absolute atomic E-state index is 0.194. The second kappa shape index (κ2) is 8.52. The van der Waals surface area contributed by atoms with Gasteiger partial charge in [0.25, 0.3) is 5.91 Å². The fourth-order valence-electron chi connectivity index (χ4n) is 2.52. The normalized spacial score (nSPS) is 9.96. The molecule has 0 unspecified atom stereocenters. The van der Waals surface area contributed by atoms with E-state index in [9.17, 15) is 9.59 Å². The minimum atomic E-state index is -0.637. The second-order valence-corrected chi connectivity index (χ2v) is 5.85. The number of esters is 1. The van der Waals surface area contributed by atoms with Crippen LogP contribution in [0.4, 0.5) is 0 Å². The summed E-state index contributed by atoms with van der Waals surface area (Å²) in [5, 5.41) is 8.86. The van der Waals surface area contributed by atoms with Gasteiger partial charge < -0.3 is 15.2 Å². The molecule has 0 saturated heterocycles. The highest BCUT2D eigenvalue weighted by Crippen LogP contribution is 2.25. The topological polar surface area (TPSA) is 102 Å². The van der Waals surface area contributed by atoms with Crippen LogP contribution in [0.5, 0.6) is 11.5 Å². The average molecular weight is 372 g/mol. The summed E-state index contributed by atoms with van der Waals surface area (Å²) >= 11 is 0. The number of hydrogen-bond donors (Lipinski definition) is 1. The lowest BCUT2D eigenvalue weighted by Crippen LogP contribution is -2.21. The van der Waals surface area contributed by atoms with Crippen LogP contribution >= 0.6 is 0 Å². The minimum Gasteiger partial charge on any atom is -0.483 e. The first-order valence-electron chi connectivity index (χ1n) is 8.40. The van der Waals surface area contributed by atoms with Crippen molar-refractivity contribution in [2.45, 2.75) is 0 Å². The van der Waals surface area contributed by atoms with E-state index in [1.165, 1.54) is 0 Å². The predicted octanol–water partition coefficient (Wildman–Crippen LogP) is 3.31. The molecule has 0 aliphatic heterocycles. The Morgan fingerprint density at radius 3 is 2.11 bits per heavy atom. The summed E-state index contributed by atoms with van der Waals surface area (Å²) in [6.45, 7) is -0.330. The lowest BCUT2D eigenvalue weighted by molar-refractivity contribution is -0.119. The highest BCUT2D eigenvalue weighted by atomic mass is 16.5. The van der Waals surface area contributed by atoms with Crippen LogP contribution in [0.2, 0.25) is 0 Å². The number of amides is 1. The van der Waals surface area contributed by atoms with Crippen LogP contribution in [0.1, 0.15) is 15.9 Å². The molecule has 0 atom stereocenters. The smallest absolute Gasteiger partial charge is 0.347 e. The molecular formula is C22H16N2O4. The molecule has 0 heterocycles. The number of hydrogen-bond acceptors (Lipinski definition) is 5. The molecule has 3 aromatic carbocycles. The van der Waals surface area contributed by atoms with E-state index in [4.69, 9.17) is 20.5 Å². The molecule has 0 aliphatic carbocycles. The summed E-state index contributed by atoms with van der Waals surface area (Å²) in [6.07, 6.45) is 0. The Labute approximate surface area is 161 Å². The van der Waals surface area contributed by atoms with E-state index < -0.39 is 11.9 Å². The monoisotopic (exact) mass is 372 g/mol. The number of para-hydroxylation sites is 1. The number of ether oxygens (including phenoxy) is 2. The van der Waals surface area contributed by atoms with E-state index in [-0.39, 0.29) is 17.9 Å². The van der Waals surface area contributed by atoms with Crippen molar-refractivity contribution in [2.24, 2.45) is 5.73 Å². The molecule has 0 aliphatic rings. The first-order chi connectivity index (χ1) is 13.6. The Kier molecular flexibility index (Phi) is 5.68. The molecule has 28 heavy (non-hydrogen) atoms. The van der Waals surface area contributed by atoms with E-state index in [1.54, 1.807) is 48.5 Å². The van der Waals surface area contributed by atoms with Crippen molar-refractivity contribution in [2.75, 3.05) is 6.61 Å². The van der Waals surface area contributed by atoms with Crippen LogP contribution < -0.4 is 15.2 Å². The van der Waals surface area contributed by atoms with Crippen molar-refractivity contribution >= 4 is 11.9 Å². The fraction of sp³-hybridized carbons (Fsp3) is 0.0455. The summed E-state index contributed by atoms with van der Waals surface area (Å²) in [4.78, 5) is 23.4. The number of rotatable bonds is 6. The first kappa shape index (κ1) is 18.7. The first-order valence-corrected chi connectivity index (χ1v) is 8.40. The summed E-state index contributed by atoms with van der Waals surface area (Å²) in [5.74, 6) is -0.652. The van der Waals surface area contributed by atoms with Gasteiger partial charge in [-0.15, -0.1) is 0 Å². The Hall–Kier alpha value is -4.11. The number of primary amides is 1. The molecule has 0 aromatic heterocycles. The van der Waals surface area contributed by atoms with Crippen molar-refractivity contribution in [3.63, 3.8) is 0 Å². The van der Waals surface area contributed by atoms with Gasteiger partial charge in [0.15, 0.2) is 6.61 Å². The largest absolute Gasteiger partial charge is 0.483 e. The molecule has 0 radical (unpaired) electrons. The molecule has 0 saturated carbocycles. The van der Waals surface area contributed by atoms with Gasteiger partial charge in [0.1, 0.15) is 17.1 Å². The molecule has 6 nitrogen and oxygen atoms in total. The highest BCUT2D eigenvalue weighted by molar-refractivity contribution is 5.94. The molecule has 3 rings (SSSR count). The molecule has 0 bridgehead atoms. The highest BCUT2D eigenvalue weighted by Gasteiger charge is 2.15. The molecule has 0 fully saturated rings. The maximum Gasteiger partial charge on any atom is 0.347 e. The van der Waals surface area contributed by atoms with Gasteiger partial charge in [0.2, 0.25) is 0 Å². The van der Waals surface area contributed by atoms with E-state index in [0.29, 0.717) is 11.3 Å². The van der Waals surface area contributed by atoms with Gasteiger partial charge in [-0.1, -0.05) is 36.4 Å². The summed E-state index contributed by atoms with van der Waals surface area (Å²) in [7, 11) is 0. The van der Waals surface area contributed by atoms with Gasteiger partial charge in [-0.3, -0.25) is 4.79 Å². The third-order valence-corrected chi connectivity index (χ3v) is 3.89. The van der Waals surface area contributed by atoms with E-state index in [0.717, 1.165) is 11.1 Å². The number of nitriles is 1. The molecular weight excluding hydrogens is 356 g/mol. The lowest BCUT2D eigenvalue weighted by atomic mass is 10.0. The van der Waals surface area contributed by atoms with Gasteiger partial charge in [-0.25, -0.2) is 4.79 Å². The zero-order valence-corrected chi connectivity index (χ0v) is 14.8. The van der Waals surface area contributed by atoms with Gasteiger partial charge in [0.05, 0.1) is 11.6 Å². The van der Waals surface area contributed by atoms with Gasteiger partial charge in [-0.2, -0.15) is 5.26 Å². The Balaban J connectivity index is 1.73. The fourth-order valence-corrected chi connectivity index (χ4v) is 2.52. The van der Waals surface area contributed by atoms with Crippen LogP contribution in [0.15, 0.2) is 72.8 Å². The molecule has 2 N–H and O–H groups in total. The molecule has 3 aromatic rings. The van der Waals surface area contributed by atoms with Crippen LogP contribution in [-0.4, -0.2) is 18.5 Å². The average Bonchev–Trinajstić information content (AvgIpc) is 2.73. The molecule has 6 heteroatoms. The standard InChI is InChI=1S/C22H16N2O4/c23-13-15-5-7-16(8-6-15)17-9-11-18(12-10-17)28-22(26)19-3-1-2-4-20(19)27-14-21(24)25/h1-12H,14H2,(H2,24,25). The van der Waals surface area contributed by atoms with Crippen LogP contribution in [0.3, 0.4) is 0 Å². The Morgan fingerprint density at radius 2 is 1.50 bits per heavy atom. The Morgan fingerprint density at radius 1 is 0.893 bits per heavy atom. The molecule has 138 valence electrons. The summed E-state index contributed by atoms with van der Waals surface area (Å²) in [5.41, 5.74) is 7.73. The number of carbonyl (C=O) groups is 2. The van der Waals surface area contributed by atoms with Gasteiger partial charge in [-0.05, 0) is 47.5 Å². The van der Waals surface area contributed by atoms with Crippen molar-refractivity contribution in [1.82, 2.24) is 0 Å². The molecule has 0 spiro atoms. The molecule has 1 amide bonds. The van der Waals surface area contributed by atoms with Gasteiger partial charge >= 0.3 is 5.97 Å². The third-order valence-electron chi connectivity index (χ3n) is 3.89. The van der Waals surface area contributed by atoms with Crippen LogP contribution in [0, 0.1) is 11.3 Å². The predicted molar refractivity (Wildman–Crippen MR) is 103 cm³/mol. The van der Waals surface area contributed by atoms with Crippen molar-refractivity contribution in [1.29, 1.82) is 5.26 Å². The summed E-state index contributed by atoms with van der Waals surface area (Å²) < 4.78 is 10.7. The number of nitrogens with two attached hydrogens (primary N) is 1. The SMILES string of the molecule is N#Cc1ccc(-c2ccc(OC(=O)c3ccccc3OCC(N)=O)cc2)cc1. The third kappa shape index (κ3) is 4.54. The van der Waals surface area contributed by atoms with Crippen molar-refractivity contribution in [3.8, 4) is 28.7 Å². The number of nitrogens with zero attached hydrogens (tertiary/aromatic N) is 1. The maximum absolute atomic E-state index is 12.5. The van der Waals surface area contributed by atoms with Crippen molar-refractivity contribution in [3.05, 3.63) is 83.9 Å². The zero-order valence-electron chi connectivity index (χ0n) is 14.8. The second-order valence-electron chi connectivity index (χ2n) is 5.85. The van der Waals surface area contributed by atoms with Gasteiger partial charge in [0, 0.05) is 0 Å². The quantitative estimate of drug-likeness (QED) is 0.528. The van der Waals surface area contributed by atoms with Crippen LogP contribution in [-0.2, 0) is 4.79 Å². The number of benzene rings is 3. The zero-order chi connectivity index (χ0) is 19.9. The van der Waals surface area contributed by atoms with E-state index in [1.807, 2.05) is 24.3 Å². The Bertz CT molecular complexity index is 1040. The van der Waals surface area contributed by atoms with E-state index >= 15 is 0 Å². The lowest BCUT2D eigenvalue weighted by Gasteiger charge is -2.10. The summed E-state index contributed by atoms with van der Waals surface area (Å²) in [6, 6.07) is 22.7.